The molecule has 28 heavy (non-hydrogen) atoms. The van der Waals surface area contributed by atoms with Crippen molar-refractivity contribution in [3.05, 3.63) is 35.9 Å². The molecule has 2 rings (SSSR count). The van der Waals surface area contributed by atoms with E-state index in [9.17, 15) is 14.4 Å². The summed E-state index contributed by atoms with van der Waals surface area (Å²) in [5, 5.41) is 5.73. The molecule has 1 unspecified atom stereocenters. The number of nitrogens with one attached hydrogen (secondary N) is 2. The van der Waals surface area contributed by atoms with Gasteiger partial charge in [0.25, 0.3) is 0 Å². The summed E-state index contributed by atoms with van der Waals surface area (Å²) in [6.07, 6.45) is 1.26. The first-order chi connectivity index (χ1) is 13.3. The third-order valence-corrected chi connectivity index (χ3v) is 4.82. The lowest BCUT2D eigenvalue weighted by molar-refractivity contribution is -0.143. The number of amides is 2. The molecule has 0 spiro atoms. The molecule has 1 aromatic carbocycles. The number of hydrogen-bond donors (Lipinski definition) is 2. The minimum atomic E-state index is -0.695. The number of hydrogen-bond acceptors (Lipinski definition) is 5. The molecule has 1 aromatic rings. The second-order valence-electron chi connectivity index (χ2n) is 7.53. The zero-order valence-corrected chi connectivity index (χ0v) is 17.1. The van der Waals surface area contributed by atoms with Crippen LogP contribution in [0.2, 0.25) is 0 Å². The predicted molar refractivity (Wildman–Crippen MR) is 107 cm³/mol. The molecule has 0 bridgehead atoms. The Labute approximate surface area is 166 Å². The van der Waals surface area contributed by atoms with Crippen LogP contribution in [0.15, 0.2) is 30.3 Å². The van der Waals surface area contributed by atoms with Crippen LogP contribution in [0.3, 0.4) is 0 Å². The van der Waals surface area contributed by atoms with Gasteiger partial charge in [-0.25, -0.2) is 0 Å². The fraction of sp³-hybridized carbons (Fsp3) is 0.571. The molecule has 7 nitrogen and oxygen atoms in total. The maximum absolute atomic E-state index is 12.7. The first kappa shape index (κ1) is 21.9. The first-order valence-corrected chi connectivity index (χ1v) is 9.85. The van der Waals surface area contributed by atoms with Gasteiger partial charge in [-0.3, -0.25) is 19.3 Å². The van der Waals surface area contributed by atoms with E-state index in [0.717, 1.165) is 12.0 Å². The van der Waals surface area contributed by atoms with Crippen LogP contribution in [0.25, 0.3) is 0 Å². The van der Waals surface area contributed by atoms with Crippen LogP contribution in [-0.4, -0.2) is 61.0 Å². The predicted octanol–water partition coefficient (Wildman–Crippen LogP) is 1.12. The normalized spacial score (nSPS) is 21.7. The molecule has 4 atom stereocenters. The highest BCUT2D eigenvalue weighted by Gasteiger charge is 2.55. The van der Waals surface area contributed by atoms with Crippen LogP contribution < -0.4 is 10.6 Å². The van der Waals surface area contributed by atoms with E-state index >= 15 is 0 Å². The van der Waals surface area contributed by atoms with Crippen molar-refractivity contribution in [3.8, 4) is 0 Å². The lowest BCUT2D eigenvalue weighted by Gasteiger charge is -2.19. The Morgan fingerprint density at radius 2 is 1.82 bits per heavy atom. The maximum atomic E-state index is 12.7. The quantitative estimate of drug-likeness (QED) is 0.463. The van der Waals surface area contributed by atoms with Gasteiger partial charge in [0.1, 0.15) is 18.1 Å². The van der Waals surface area contributed by atoms with Crippen LogP contribution in [-0.2, 0) is 25.5 Å². The molecule has 0 saturated carbocycles. The van der Waals surface area contributed by atoms with E-state index < -0.39 is 24.1 Å². The van der Waals surface area contributed by atoms with Crippen molar-refractivity contribution in [2.75, 3.05) is 20.2 Å². The molecular weight excluding hydrogens is 358 g/mol. The largest absolute Gasteiger partial charge is 0.465 e. The third kappa shape index (κ3) is 6.05. The molecule has 0 aromatic heterocycles. The highest BCUT2D eigenvalue weighted by Crippen LogP contribution is 2.27. The van der Waals surface area contributed by atoms with E-state index in [1.165, 1.54) is 0 Å². The van der Waals surface area contributed by atoms with E-state index in [0.29, 0.717) is 18.9 Å². The summed E-state index contributed by atoms with van der Waals surface area (Å²) >= 11 is 0. The molecule has 2 N–H and O–H groups in total. The minimum Gasteiger partial charge on any atom is -0.465 e. The van der Waals surface area contributed by atoms with Crippen molar-refractivity contribution >= 4 is 17.8 Å². The number of esters is 1. The van der Waals surface area contributed by atoms with Gasteiger partial charge in [0.15, 0.2) is 0 Å². The fourth-order valence-corrected chi connectivity index (χ4v) is 3.11. The fourth-order valence-electron chi connectivity index (χ4n) is 3.11. The van der Waals surface area contributed by atoms with Crippen LogP contribution in [0, 0.1) is 5.92 Å². The van der Waals surface area contributed by atoms with Crippen LogP contribution in [0.1, 0.15) is 32.8 Å². The molecule has 154 valence electrons. The second-order valence-corrected chi connectivity index (χ2v) is 7.53. The zero-order valence-electron chi connectivity index (χ0n) is 17.1. The summed E-state index contributed by atoms with van der Waals surface area (Å²) in [6.45, 7) is 6.74. The summed E-state index contributed by atoms with van der Waals surface area (Å²) in [4.78, 5) is 38.9. The molecule has 0 radical (unpaired) electrons. The SMILES string of the molecule is CCOC(=O)[C@@H]1[C@@H](C(=O)N[C@@H](Cc2ccccc2)C(=O)NCCC(C)C)N1C. The lowest BCUT2D eigenvalue weighted by atomic mass is 10.0. The summed E-state index contributed by atoms with van der Waals surface area (Å²) in [5.74, 6) is -0.478. The molecule has 1 saturated heterocycles. The molecule has 7 heteroatoms. The molecule has 1 aliphatic rings. The average Bonchev–Trinajstić information content (AvgIpc) is 3.33. The van der Waals surface area contributed by atoms with E-state index in [-0.39, 0.29) is 18.4 Å². The van der Waals surface area contributed by atoms with Gasteiger partial charge in [-0.05, 0) is 31.9 Å². The number of ether oxygens (including phenoxy) is 1. The van der Waals surface area contributed by atoms with E-state index in [4.69, 9.17) is 4.74 Å². The summed E-state index contributed by atoms with van der Waals surface area (Å²) in [5.41, 5.74) is 0.956. The minimum absolute atomic E-state index is 0.214. The Kier molecular flexibility index (Phi) is 7.99. The van der Waals surface area contributed by atoms with E-state index in [1.807, 2.05) is 30.3 Å². The molecule has 1 fully saturated rings. The van der Waals surface area contributed by atoms with Crippen molar-refractivity contribution in [3.63, 3.8) is 0 Å². The van der Waals surface area contributed by atoms with Crippen molar-refractivity contribution in [2.45, 2.75) is 51.7 Å². The number of benzene rings is 1. The molecule has 0 aliphatic carbocycles. The Morgan fingerprint density at radius 3 is 2.43 bits per heavy atom. The third-order valence-electron chi connectivity index (χ3n) is 4.82. The molecule has 2 amide bonds. The number of carbonyl (C=O) groups is 3. The zero-order chi connectivity index (χ0) is 20.7. The summed E-state index contributed by atoms with van der Waals surface area (Å²) < 4.78 is 5.00. The molecule has 1 aliphatic heterocycles. The first-order valence-electron chi connectivity index (χ1n) is 9.85. The van der Waals surface area contributed by atoms with E-state index in [2.05, 4.69) is 24.5 Å². The van der Waals surface area contributed by atoms with Gasteiger partial charge in [0, 0.05) is 13.0 Å². The second kappa shape index (κ2) is 10.2. The highest BCUT2D eigenvalue weighted by molar-refractivity contribution is 5.97. The number of rotatable bonds is 10. The van der Waals surface area contributed by atoms with Gasteiger partial charge < -0.3 is 15.4 Å². The van der Waals surface area contributed by atoms with Crippen LogP contribution >= 0.6 is 0 Å². The monoisotopic (exact) mass is 389 g/mol. The lowest BCUT2D eigenvalue weighted by Crippen LogP contribution is -2.50. The van der Waals surface area contributed by atoms with Crippen molar-refractivity contribution in [1.29, 1.82) is 0 Å². The van der Waals surface area contributed by atoms with Gasteiger partial charge in [0.05, 0.1) is 6.61 Å². The van der Waals surface area contributed by atoms with Gasteiger partial charge >= 0.3 is 5.97 Å². The smallest absolute Gasteiger partial charge is 0.325 e. The topological polar surface area (TPSA) is 87.5 Å². The Balaban J connectivity index is 2.01. The van der Waals surface area contributed by atoms with Crippen molar-refractivity contribution in [1.82, 2.24) is 15.5 Å². The summed E-state index contributed by atoms with van der Waals surface area (Å²) in [6, 6.07) is 7.67. The standard InChI is InChI=1S/C21H31N3O4/c1-5-28-21(27)18-17(24(18)4)20(26)23-16(13-15-9-7-6-8-10-15)19(25)22-12-11-14(2)3/h6-10,14,16-18H,5,11-13H2,1-4H3,(H,22,25)(H,23,26)/t16-,17-,18-,24?/m0/s1. The van der Waals surface area contributed by atoms with Crippen LogP contribution in [0.4, 0.5) is 0 Å². The highest BCUT2D eigenvalue weighted by atomic mass is 16.5. The number of nitrogens with zero attached hydrogens (tertiary/aromatic N) is 1. The van der Waals surface area contributed by atoms with Crippen molar-refractivity contribution in [2.24, 2.45) is 5.92 Å². The van der Waals surface area contributed by atoms with Gasteiger partial charge in [-0.2, -0.15) is 0 Å². The summed E-state index contributed by atoms with van der Waals surface area (Å²) in [7, 11) is 1.70. The average molecular weight is 389 g/mol. The van der Waals surface area contributed by atoms with Crippen molar-refractivity contribution < 1.29 is 19.1 Å². The Hall–Kier alpha value is -2.41. The molecular formula is C21H31N3O4. The van der Waals surface area contributed by atoms with Gasteiger partial charge in [0.2, 0.25) is 11.8 Å². The Bertz CT molecular complexity index is 677. The van der Waals surface area contributed by atoms with Crippen LogP contribution in [0.5, 0.6) is 0 Å². The Morgan fingerprint density at radius 1 is 1.14 bits per heavy atom. The number of likely N-dealkylation sites (N-methyl/N-ethyl adjacent to an activating group) is 1. The molecule has 1 heterocycles. The van der Waals surface area contributed by atoms with Gasteiger partial charge in [-0.15, -0.1) is 0 Å². The van der Waals surface area contributed by atoms with Gasteiger partial charge in [-0.1, -0.05) is 44.2 Å². The number of carbonyl (C=O) groups excluding carboxylic acids is 3. The van der Waals surface area contributed by atoms with E-state index in [1.54, 1.807) is 18.9 Å². The maximum Gasteiger partial charge on any atom is 0.325 e.